The van der Waals surface area contributed by atoms with E-state index in [1.54, 1.807) is 22.6 Å². The van der Waals surface area contributed by atoms with Crippen molar-refractivity contribution in [3.05, 3.63) is 33.4 Å². The predicted molar refractivity (Wildman–Crippen MR) is 54.1 cm³/mol. The van der Waals surface area contributed by atoms with Crippen LogP contribution in [-0.2, 0) is 5.92 Å². The summed E-state index contributed by atoms with van der Waals surface area (Å²) < 4.78 is 87.4. The van der Waals surface area contributed by atoms with Crippen LogP contribution in [0.4, 0.5) is 30.7 Å². The minimum absolute atomic E-state index is 0.442. The summed E-state index contributed by atoms with van der Waals surface area (Å²) in [5, 5.41) is 0. The Balaban J connectivity index is 3.23. The zero-order valence-corrected chi connectivity index (χ0v) is 9.99. The first-order valence-electron chi connectivity index (χ1n) is 4.08. The Morgan fingerprint density at radius 1 is 0.765 bits per heavy atom. The number of alkyl halides is 7. The molecule has 0 saturated carbocycles. The van der Waals surface area contributed by atoms with Crippen molar-refractivity contribution in [2.45, 2.75) is 18.0 Å². The van der Waals surface area contributed by atoms with E-state index in [4.69, 9.17) is 0 Å². The molecule has 0 heterocycles. The molecule has 0 unspecified atom stereocenters. The minimum Gasteiger partial charge on any atom is -0.194 e. The van der Waals surface area contributed by atoms with Crippen LogP contribution in [0.2, 0.25) is 0 Å². The van der Waals surface area contributed by atoms with Gasteiger partial charge in [-0.1, -0.05) is 12.1 Å². The Hall–Kier alpha value is -0.540. The van der Waals surface area contributed by atoms with E-state index < -0.39 is 23.6 Å². The lowest BCUT2D eigenvalue weighted by Gasteiger charge is -2.28. The Morgan fingerprint density at radius 3 is 1.53 bits per heavy atom. The van der Waals surface area contributed by atoms with Crippen LogP contribution in [0.1, 0.15) is 5.56 Å². The first-order chi connectivity index (χ1) is 7.50. The molecule has 0 aliphatic carbocycles. The van der Waals surface area contributed by atoms with E-state index in [-0.39, 0.29) is 0 Å². The molecule has 0 bridgehead atoms. The van der Waals surface area contributed by atoms with Gasteiger partial charge in [0.1, 0.15) is 0 Å². The summed E-state index contributed by atoms with van der Waals surface area (Å²) in [6, 6.07) is 3.13. The quantitative estimate of drug-likeness (QED) is 0.527. The second-order valence-electron chi connectivity index (χ2n) is 3.15. The molecule has 0 nitrogen and oxygen atoms in total. The number of rotatable bonds is 2. The normalized spacial score (nSPS) is 13.9. The van der Waals surface area contributed by atoms with Crippen molar-refractivity contribution < 1.29 is 30.7 Å². The smallest absolute Gasteiger partial charge is 0.194 e. The van der Waals surface area contributed by atoms with Gasteiger partial charge in [0.25, 0.3) is 0 Å². The average Bonchev–Trinajstić information content (AvgIpc) is 2.16. The Labute approximate surface area is 105 Å². The van der Waals surface area contributed by atoms with E-state index in [1.807, 2.05) is 0 Å². The van der Waals surface area contributed by atoms with Gasteiger partial charge in [-0.3, -0.25) is 0 Å². The molecular formula is C9H4F7I. The van der Waals surface area contributed by atoms with Crippen LogP contribution in [-0.4, -0.2) is 12.1 Å². The highest BCUT2D eigenvalue weighted by Crippen LogP contribution is 2.51. The second kappa shape index (κ2) is 4.29. The molecule has 1 rings (SSSR count). The summed E-state index contributed by atoms with van der Waals surface area (Å²) in [5.41, 5.74) is -1.37. The van der Waals surface area contributed by atoms with Gasteiger partial charge in [0.15, 0.2) is 0 Å². The topological polar surface area (TPSA) is 0 Å². The zero-order chi connectivity index (χ0) is 13.5. The van der Waals surface area contributed by atoms with E-state index in [2.05, 4.69) is 0 Å². The third-order valence-corrected chi connectivity index (χ3v) is 2.68. The van der Waals surface area contributed by atoms with Crippen molar-refractivity contribution in [2.75, 3.05) is 0 Å². The molecule has 0 N–H and O–H groups in total. The fourth-order valence-corrected chi connectivity index (χ4v) is 1.38. The molecule has 0 aliphatic heterocycles. The summed E-state index contributed by atoms with van der Waals surface area (Å²) in [6.45, 7) is 0. The predicted octanol–water partition coefficient (Wildman–Crippen LogP) is 4.58. The van der Waals surface area contributed by atoms with Crippen LogP contribution in [0.5, 0.6) is 0 Å². The first-order valence-corrected chi connectivity index (χ1v) is 5.16. The summed E-state index contributed by atoms with van der Waals surface area (Å²) in [6.07, 6.45) is -6.31. The molecule has 0 aromatic heterocycles. The fourth-order valence-electron chi connectivity index (χ4n) is 1.02. The van der Waals surface area contributed by atoms with Gasteiger partial charge in [0.05, 0.1) is 0 Å². The van der Waals surface area contributed by atoms with Gasteiger partial charge in [0.2, 0.25) is 0 Å². The summed E-state index contributed by atoms with van der Waals surface area (Å²) >= 11 is 1.71. The minimum atomic E-state index is -6.31. The Bertz CT molecular complexity index is 393. The maximum Gasteiger partial charge on any atom is 0.460 e. The van der Waals surface area contributed by atoms with Crippen LogP contribution in [0, 0.1) is 3.57 Å². The lowest BCUT2D eigenvalue weighted by atomic mass is 10.0. The van der Waals surface area contributed by atoms with Crippen molar-refractivity contribution in [1.29, 1.82) is 0 Å². The van der Waals surface area contributed by atoms with Crippen molar-refractivity contribution in [3.8, 4) is 0 Å². The Kier molecular flexibility index (Phi) is 3.66. The maximum atomic E-state index is 13.1. The van der Waals surface area contributed by atoms with Gasteiger partial charge in [-0.2, -0.15) is 30.7 Å². The SMILES string of the molecule is FC(F)(F)C(F)(F)C(F)(F)c1ccc(I)cc1. The summed E-state index contributed by atoms with van der Waals surface area (Å²) in [5.74, 6) is -11.4. The standard InChI is InChI=1S/C9H4F7I/c10-7(11,8(12,13)9(14,15)16)5-1-3-6(17)4-2-5/h1-4H. The third kappa shape index (κ3) is 2.50. The third-order valence-electron chi connectivity index (χ3n) is 1.96. The second-order valence-corrected chi connectivity index (χ2v) is 4.40. The molecule has 96 valence electrons. The highest BCUT2D eigenvalue weighted by Gasteiger charge is 2.73. The van der Waals surface area contributed by atoms with Gasteiger partial charge in [-0.05, 0) is 34.7 Å². The lowest BCUT2D eigenvalue weighted by molar-refractivity contribution is -0.359. The number of halogens is 8. The molecule has 0 aliphatic rings. The van der Waals surface area contributed by atoms with Crippen LogP contribution in [0.25, 0.3) is 0 Å². The molecule has 0 amide bonds. The molecule has 1 aromatic rings. The molecule has 0 atom stereocenters. The van der Waals surface area contributed by atoms with E-state index in [0.29, 0.717) is 15.7 Å². The van der Waals surface area contributed by atoms with Gasteiger partial charge < -0.3 is 0 Å². The summed E-state index contributed by atoms with van der Waals surface area (Å²) in [7, 11) is 0. The van der Waals surface area contributed by atoms with E-state index in [1.165, 1.54) is 0 Å². The van der Waals surface area contributed by atoms with Gasteiger partial charge >= 0.3 is 18.0 Å². The van der Waals surface area contributed by atoms with E-state index in [9.17, 15) is 30.7 Å². The van der Waals surface area contributed by atoms with Gasteiger partial charge in [0, 0.05) is 9.13 Å². The molecule has 0 radical (unpaired) electrons. The lowest BCUT2D eigenvalue weighted by Crippen LogP contribution is -2.50. The molecule has 0 fully saturated rings. The average molecular weight is 372 g/mol. The van der Waals surface area contributed by atoms with E-state index >= 15 is 0 Å². The van der Waals surface area contributed by atoms with Crippen LogP contribution < -0.4 is 0 Å². The van der Waals surface area contributed by atoms with Crippen LogP contribution in [0.15, 0.2) is 24.3 Å². The Morgan fingerprint density at radius 2 is 1.18 bits per heavy atom. The van der Waals surface area contributed by atoms with Crippen molar-refractivity contribution in [3.63, 3.8) is 0 Å². The molecular weight excluding hydrogens is 368 g/mol. The van der Waals surface area contributed by atoms with Gasteiger partial charge in [-0.25, -0.2) is 0 Å². The molecule has 17 heavy (non-hydrogen) atoms. The molecule has 1 aromatic carbocycles. The molecule has 0 spiro atoms. The first kappa shape index (κ1) is 14.5. The highest BCUT2D eigenvalue weighted by atomic mass is 127. The number of hydrogen-bond acceptors (Lipinski definition) is 0. The molecule has 8 heteroatoms. The largest absolute Gasteiger partial charge is 0.460 e. The van der Waals surface area contributed by atoms with E-state index in [0.717, 1.165) is 12.1 Å². The molecule has 0 saturated heterocycles. The number of hydrogen-bond donors (Lipinski definition) is 0. The fraction of sp³-hybridized carbons (Fsp3) is 0.333. The van der Waals surface area contributed by atoms with Crippen molar-refractivity contribution in [1.82, 2.24) is 0 Å². The number of benzene rings is 1. The van der Waals surface area contributed by atoms with Gasteiger partial charge in [-0.15, -0.1) is 0 Å². The van der Waals surface area contributed by atoms with Crippen molar-refractivity contribution in [2.24, 2.45) is 0 Å². The maximum absolute atomic E-state index is 13.1. The van der Waals surface area contributed by atoms with Crippen LogP contribution >= 0.6 is 22.6 Å². The van der Waals surface area contributed by atoms with Crippen LogP contribution in [0.3, 0.4) is 0 Å². The highest BCUT2D eigenvalue weighted by molar-refractivity contribution is 14.1. The monoisotopic (exact) mass is 372 g/mol. The summed E-state index contributed by atoms with van der Waals surface area (Å²) in [4.78, 5) is 0. The zero-order valence-electron chi connectivity index (χ0n) is 7.83. The van der Waals surface area contributed by atoms with Crippen molar-refractivity contribution >= 4 is 22.6 Å².